The summed E-state index contributed by atoms with van der Waals surface area (Å²) < 4.78 is 0. The number of hydrogen-bond donors (Lipinski definition) is 2. The van der Waals surface area contributed by atoms with Gasteiger partial charge >= 0.3 is 0 Å². The van der Waals surface area contributed by atoms with Crippen LogP contribution in [0.3, 0.4) is 0 Å². The molecule has 1 amide bonds. The molecule has 0 bridgehead atoms. The van der Waals surface area contributed by atoms with E-state index in [9.17, 15) is 4.79 Å². The molecule has 0 aromatic rings. The predicted molar refractivity (Wildman–Crippen MR) is 60.3 cm³/mol. The molecule has 84 valence electrons. The molecule has 0 saturated heterocycles. The number of rotatable bonds is 6. The van der Waals surface area contributed by atoms with Gasteiger partial charge in [-0.3, -0.25) is 4.79 Å². The van der Waals surface area contributed by atoms with Gasteiger partial charge < -0.3 is 10.6 Å². The van der Waals surface area contributed by atoms with Crippen molar-refractivity contribution >= 4 is 5.91 Å². The van der Waals surface area contributed by atoms with Crippen LogP contribution in [-0.2, 0) is 4.79 Å². The summed E-state index contributed by atoms with van der Waals surface area (Å²) in [6.45, 7) is 9.94. The van der Waals surface area contributed by atoms with Crippen LogP contribution in [-0.4, -0.2) is 24.5 Å². The maximum Gasteiger partial charge on any atom is 0.216 e. The Morgan fingerprint density at radius 3 is 2.14 bits per heavy atom. The van der Waals surface area contributed by atoms with Crippen LogP contribution in [0.25, 0.3) is 0 Å². The lowest BCUT2D eigenvalue weighted by Gasteiger charge is -2.20. The summed E-state index contributed by atoms with van der Waals surface area (Å²) in [6.07, 6.45) is 3.42. The van der Waals surface area contributed by atoms with Crippen LogP contribution in [0.1, 0.15) is 47.0 Å². The van der Waals surface area contributed by atoms with Gasteiger partial charge in [0.15, 0.2) is 0 Å². The second-order valence-corrected chi connectivity index (χ2v) is 4.72. The summed E-state index contributed by atoms with van der Waals surface area (Å²) in [4.78, 5) is 10.5. The molecule has 0 fully saturated rings. The van der Waals surface area contributed by atoms with Gasteiger partial charge in [-0.05, 0) is 40.2 Å². The largest absolute Gasteiger partial charge is 0.356 e. The lowest BCUT2D eigenvalue weighted by Crippen LogP contribution is -2.36. The number of amides is 1. The highest BCUT2D eigenvalue weighted by molar-refractivity contribution is 5.72. The molecule has 0 spiro atoms. The second kappa shape index (κ2) is 6.82. The molecule has 0 aliphatic carbocycles. The van der Waals surface area contributed by atoms with E-state index >= 15 is 0 Å². The first-order chi connectivity index (χ1) is 6.42. The zero-order valence-electron chi connectivity index (χ0n) is 9.94. The summed E-state index contributed by atoms with van der Waals surface area (Å²) >= 11 is 0. The smallest absolute Gasteiger partial charge is 0.216 e. The van der Waals surface area contributed by atoms with Crippen LogP contribution in [0.15, 0.2) is 0 Å². The number of carbonyl (C=O) groups excluding carboxylic acids is 1. The number of hydrogen-bond acceptors (Lipinski definition) is 2. The third-order valence-electron chi connectivity index (χ3n) is 1.88. The molecule has 14 heavy (non-hydrogen) atoms. The Hall–Kier alpha value is -0.570. The minimum atomic E-state index is 0.0674. The lowest BCUT2D eigenvalue weighted by molar-refractivity contribution is -0.118. The van der Waals surface area contributed by atoms with Crippen LogP contribution in [0.4, 0.5) is 0 Å². The minimum Gasteiger partial charge on any atom is -0.356 e. The molecule has 0 aliphatic rings. The molecule has 0 atom stereocenters. The first-order valence-corrected chi connectivity index (χ1v) is 5.41. The van der Waals surface area contributed by atoms with Gasteiger partial charge in [0.05, 0.1) is 0 Å². The third kappa shape index (κ3) is 11.4. The normalized spacial score (nSPS) is 11.4. The number of nitrogens with one attached hydrogen (secondary N) is 2. The molecule has 0 saturated carbocycles. The molecule has 0 aromatic heterocycles. The van der Waals surface area contributed by atoms with Crippen molar-refractivity contribution in [2.45, 2.75) is 52.5 Å². The van der Waals surface area contributed by atoms with E-state index in [1.54, 1.807) is 6.92 Å². The van der Waals surface area contributed by atoms with Crippen molar-refractivity contribution in [3.63, 3.8) is 0 Å². The minimum absolute atomic E-state index is 0.0674. The van der Waals surface area contributed by atoms with Crippen LogP contribution in [0.2, 0.25) is 0 Å². The van der Waals surface area contributed by atoms with Gasteiger partial charge in [-0.25, -0.2) is 0 Å². The van der Waals surface area contributed by atoms with E-state index in [1.165, 1.54) is 12.8 Å². The average Bonchev–Trinajstić information content (AvgIpc) is 2.00. The van der Waals surface area contributed by atoms with E-state index in [0.717, 1.165) is 19.5 Å². The summed E-state index contributed by atoms with van der Waals surface area (Å²) in [7, 11) is 0. The maximum absolute atomic E-state index is 10.5. The van der Waals surface area contributed by atoms with Gasteiger partial charge in [0.25, 0.3) is 0 Å². The molecule has 0 aromatic carbocycles. The van der Waals surface area contributed by atoms with Crippen molar-refractivity contribution in [3.8, 4) is 0 Å². The molecule has 0 radical (unpaired) electrons. The van der Waals surface area contributed by atoms with Crippen LogP contribution < -0.4 is 10.6 Å². The van der Waals surface area contributed by atoms with Gasteiger partial charge in [-0.2, -0.15) is 0 Å². The monoisotopic (exact) mass is 200 g/mol. The predicted octanol–water partition coefficient (Wildman–Crippen LogP) is 1.68. The van der Waals surface area contributed by atoms with Gasteiger partial charge in [-0.1, -0.05) is 6.42 Å². The van der Waals surface area contributed by atoms with Crippen molar-refractivity contribution in [3.05, 3.63) is 0 Å². The van der Waals surface area contributed by atoms with E-state index in [2.05, 4.69) is 31.4 Å². The van der Waals surface area contributed by atoms with Crippen LogP contribution in [0, 0.1) is 0 Å². The summed E-state index contributed by atoms with van der Waals surface area (Å²) in [6, 6.07) is 0. The molecular weight excluding hydrogens is 176 g/mol. The van der Waals surface area contributed by atoms with Crippen molar-refractivity contribution in [2.24, 2.45) is 0 Å². The molecule has 0 rings (SSSR count). The van der Waals surface area contributed by atoms with Crippen molar-refractivity contribution < 1.29 is 4.79 Å². The SMILES string of the molecule is CC(=O)NCCCCCNC(C)(C)C. The standard InChI is InChI=1S/C11H24N2O/c1-10(14)12-8-6-5-7-9-13-11(2,3)4/h13H,5-9H2,1-4H3,(H,12,14). The molecule has 3 nitrogen and oxygen atoms in total. The first kappa shape index (κ1) is 13.4. The Labute approximate surface area is 87.6 Å². The van der Waals surface area contributed by atoms with Gasteiger partial charge in [0.1, 0.15) is 0 Å². The van der Waals surface area contributed by atoms with E-state index in [4.69, 9.17) is 0 Å². The van der Waals surface area contributed by atoms with Gasteiger partial charge in [0.2, 0.25) is 5.91 Å². The molecule has 0 aliphatic heterocycles. The van der Waals surface area contributed by atoms with Gasteiger partial charge in [0, 0.05) is 19.0 Å². The molecule has 0 unspecified atom stereocenters. The zero-order chi connectivity index (χ0) is 11.0. The highest BCUT2D eigenvalue weighted by atomic mass is 16.1. The van der Waals surface area contributed by atoms with Crippen LogP contribution >= 0.6 is 0 Å². The van der Waals surface area contributed by atoms with Crippen molar-refractivity contribution in [1.29, 1.82) is 0 Å². The topological polar surface area (TPSA) is 41.1 Å². The van der Waals surface area contributed by atoms with Crippen molar-refractivity contribution in [2.75, 3.05) is 13.1 Å². The zero-order valence-corrected chi connectivity index (χ0v) is 9.94. The fraction of sp³-hybridized carbons (Fsp3) is 0.909. The highest BCUT2D eigenvalue weighted by Crippen LogP contribution is 2.00. The third-order valence-corrected chi connectivity index (χ3v) is 1.88. The van der Waals surface area contributed by atoms with E-state index in [-0.39, 0.29) is 11.4 Å². The summed E-state index contributed by atoms with van der Waals surface area (Å²) in [5, 5.41) is 6.23. The maximum atomic E-state index is 10.5. The Morgan fingerprint density at radius 1 is 1.07 bits per heavy atom. The molecule has 3 heteroatoms. The fourth-order valence-corrected chi connectivity index (χ4v) is 1.15. The highest BCUT2D eigenvalue weighted by Gasteiger charge is 2.06. The molecular formula is C11H24N2O. The van der Waals surface area contributed by atoms with Crippen LogP contribution in [0.5, 0.6) is 0 Å². The Morgan fingerprint density at radius 2 is 1.64 bits per heavy atom. The van der Waals surface area contributed by atoms with Crippen molar-refractivity contribution in [1.82, 2.24) is 10.6 Å². The lowest BCUT2D eigenvalue weighted by atomic mass is 10.1. The quantitative estimate of drug-likeness (QED) is 0.641. The molecule has 2 N–H and O–H groups in total. The first-order valence-electron chi connectivity index (χ1n) is 5.41. The molecule has 0 heterocycles. The Bertz CT molecular complexity index is 161. The fourth-order valence-electron chi connectivity index (χ4n) is 1.15. The number of carbonyl (C=O) groups is 1. The Balaban J connectivity index is 3.11. The summed E-state index contributed by atoms with van der Waals surface area (Å²) in [5.41, 5.74) is 0.220. The van der Waals surface area contributed by atoms with Gasteiger partial charge in [-0.15, -0.1) is 0 Å². The Kier molecular flexibility index (Phi) is 6.54. The number of unbranched alkanes of at least 4 members (excludes halogenated alkanes) is 2. The van der Waals surface area contributed by atoms with E-state index < -0.39 is 0 Å². The second-order valence-electron chi connectivity index (χ2n) is 4.72. The van der Waals surface area contributed by atoms with E-state index in [0.29, 0.717) is 0 Å². The van der Waals surface area contributed by atoms with E-state index in [1.807, 2.05) is 0 Å². The average molecular weight is 200 g/mol. The summed E-state index contributed by atoms with van der Waals surface area (Å²) in [5.74, 6) is 0.0674.